The van der Waals surface area contributed by atoms with E-state index in [9.17, 15) is 4.39 Å². The maximum absolute atomic E-state index is 14.7. The highest BCUT2D eigenvalue weighted by Gasteiger charge is 2.37. The van der Waals surface area contributed by atoms with Gasteiger partial charge in [-0.1, -0.05) is 11.6 Å². The zero-order chi connectivity index (χ0) is 12.6. The maximum Gasteiger partial charge on any atom is 0.118 e. The van der Waals surface area contributed by atoms with Crippen molar-refractivity contribution in [2.45, 2.75) is 50.7 Å². The molecule has 2 unspecified atom stereocenters. The van der Waals surface area contributed by atoms with E-state index in [0.717, 1.165) is 24.2 Å². The van der Waals surface area contributed by atoms with Gasteiger partial charge in [0, 0.05) is 19.5 Å². The summed E-state index contributed by atoms with van der Waals surface area (Å²) in [6.45, 7) is 1.84. The summed E-state index contributed by atoms with van der Waals surface area (Å²) in [6.07, 6.45) is 3.08. The molecule has 0 bridgehead atoms. The Balaban J connectivity index is 2.19. The molecule has 3 nitrogen and oxygen atoms in total. The molecule has 1 aliphatic carbocycles. The van der Waals surface area contributed by atoms with Crippen molar-refractivity contribution >= 4 is 11.6 Å². The van der Waals surface area contributed by atoms with Gasteiger partial charge in [0.2, 0.25) is 0 Å². The van der Waals surface area contributed by atoms with Gasteiger partial charge >= 0.3 is 0 Å². The zero-order valence-corrected chi connectivity index (χ0v) is 11.1. The lowest BCUT2D eigenvalue weighted by atomic mass is 9.80. The predicted molar refractivity (Wildman–Crippen MR) is 66.9 cm³/mol. The van der Waals surface area contributed by atoms with Gasteiger partial charge in [-0.05, 0) is 32.6 Å². The summed E-state index contributed by atoms with van der Waals surface area (Å²) in [5.74, 6) is 0. The fraction of sp³-hybridized carbons (Fsp3) is 0.750. The van der Waals surface area contributed by atoms with E-state index in [1.807, 2.05) is 6.92 Å². The van der Waals surface area contributed by atoms with Crippen LogP contribution in [0.15, 0.2) is 0 Å². The summed E-state index contributed by atoms with van der Waals surface area (Å²) in [4.78, 5) is 0. The summed E-state index contributed by atoms with van der Waals surface area (Å²) in [5.41, 5.74) is 6.16. The van der Waals surface area contributed by atoms with E-state index < -0.39 is 5.67 Å². The van der Waals surface area contributed by atoms with Crippen LogP contribution in [-0.4, -0.2) is 21.5 Å². The molecule has 0 spiro atoms. The smallest absolute Gasteiger partial charge is 0.118 e. The Hall–Kier alpha value is -0.610. The van der Waals surface area contributed by atoms with Gasteiger partial charge in [0.1, 0.15) is 5.67 Å². The van der Waals surface area contributed by atoms with Crippen LogP contribution in [0.4, 0.5) is 4.39 Å². The Labute approximate surface area is 106 Å². The van der Waals surface area contributed by atoms with Crippen molar-refractivity contribution in [2.75, 3.05) is 0 Å². The molecule has 0 saturated heterocycles. The van der Waals surface area contributed by atoms with Crippen LogP contribution >= 0.6 is 11.6 Å². The molecule has 2 atom stereocenters. The summed E-state index contributed by atoms with van der Waals surface area (Å²) >= 11 is 6.15. The monoisotopic (exact) mass is 259 g/mol. The van der Waals surface area contributed by atoms with Gasteiger partial charge in [-0.3, -0.25) is 4.68 Å². The summed E-state index contributed by atoms with van der Waals surface area (Å²) < 4.78 is 16.4. The second kappa shape index (κ2) is 4.58. The Kier molecular flexibility index (Phi) is 3.46. The summed E-state index contributed by atoms with van der Waals surface area (Å²) in [5, 5.41) is 4.80. The third kappa shape index (κ3) is 2.63. The quantitative estimate of drug-likeness (QED) is 0.887. The van der Waals surface area contributed by atoms with Gasteiger partial charge in [0.05, 0.1) is 16.4 Å². The minimum absolute atomic E-state index is 0.0261. The number of hydrogen-bond acceptors (Lipinski definition) is 2. The molecule has 1 fully saturated rings. The molecule has 17 heavy (non-hydrogen) atoms. The number of alkyl halides is 1. The highest BCUT2D eigenvalue weighted by molar-refractivity contribution is 6.31. The SMILES string of the molecule is Cc1nn(C)c(CC2(F)CCCC(N)C2)c1Cl. The fourth-order valence-electron chi connectivity index (χ4n) is 2.69. The van der Waals surface area contributed by atoms with Crippen LogP contribution in [0, 0.1) is 6.92 Å². The molecule has 1 aromatic rings. The number of aryl methyl sites for hydroxylation is 2. The van der Waals surface area contributed by atoms with Gasteiger partial charge in [-0.25, -0.2) is 4.39 Å². The summed E-state index contributed by atoms with van der Waals surface area (Å²) in [6, 6.07) is -0.0261. The van der Waals surface area contributed by atoms with E-state index in [1.54, 1.807) is 11.7 Å². The molecule has 5 heteroatoms. The first-order valence-electron chi connectivity index (χ1n) is 6.04. The average molecular weight is 260 g/mol. The van der Waals surface area contributed by atoms with Gasteiger partial charge in [0.15, 0.2) is 0 Å². The molecular formula is C12H19ClFN3. The van der Waals surface area contributed by atoms with Crippen LogP contribution in [-0.2, 0) is 13.5 Å². The van der Waals surface area contributed by atoms with Gasteiger partial charge in [-0.2, -0.15) is 5.10 Å². The third-order valence-electron chi connectivity index (χ3n) is 3.57. The normalized spacial score (nSPS) is 29.6. The highest BCUT2D eigenvalue weighted by Crippen LogP contribution is 2.36. The van der Waals surface area contributed by atoms with Crippen LogP contribution in [0.5, 0.6) is 0 Å². The highest BCUT2D eigenvalue weighted by atomic mass is 35.5. The first-order valence-corrected chi connectivity index (χ1v) is 6.41. The Bertz CT molecular complexity index is 418. The van der Waals surface area contributed by atoms with E-state index in [1.165, 1.54) is 0 Å². The Morgan fingerprint density at radius 2 is 2.35 bits per heavy atom. The van der Waals surface area contributed by atoms with Crippen molar-refractivity contribution in [2.24, 2.45) is 12.8 Å². The van der Waals surface area contributed by atoms with Crippen LogP contribution in [0.1, 0.15) is 37.1 Å². The van der Waals surface area contributed by atoms with Crippen LogP contribution in [0.2, 0.25) is 5.02 Å². The standard InChI is InChI=1S/C12H19ClFN3/c1-8-11(13)10(17(2)16-8)7-12(14)5-3-4-9(15)6-12/h9H,3-7,15H2,1-2H3. The number of nitrogens with two attached hydrogens (primary N) is 1. The topological polar surface area (TPSA) is 43.8 Å². The first kappa shape index (κ1) is 12.8. The minimum atomic E-state index is -1.22. The molecule has 1 aromatic heterocycles. The molecular weight excluding hydrogens is 241 g/mol. The predicted octanol–water partition coefficient (Wildman–Crippen LogP) is 2.53. The molecule has 0 amide bonds. The van der Waals surface area contributed by atoms with Crippen molar-refractivity contribution in [3.63, 3.8) is 0 Å². The molecule has 0 radical (unpaired) electrons. The zero-order valence-electron chi connectivity index (χ0n) is 10.3. The van der Waals surface area contributed by atoms with Crippen molar-refractivity contribution in [1.29, 1.82) is 0 Å². The van der Waals surface area contributed by atoms with Gasteiger partial charge in [0.25, 0.3) is 0 Å². The lowest BCUT2D eigenvalue weighted by Gasteiger charge is -2.33. The van der Waals surface area contributed by atoms with Gasteiger partial charge in [-0.15, -0.1) is 0 Å². The lowest BCUT2D eigenvalue weighted by molar-refractivity contribution is 0.0943. The molecule has 1 aliphatic rings. The Morgan fingerprint density at radius 1 is 1.65 bits per heavy atom. The second-order valence-electron chi connectivity index (χ2n) is 5.15. The number of nitrogens with zero attached hydrogens (tertiary/aromatic N) is 2. The third-order valence-corrected chi connectivity index (χ3v) is 4.07. The summed E-state index contributed by atoms with van der Waals surface area (Å²) in [7, 11) is 1.81. The second-order valence-corrected chi connectivity index (χ2v) is 5.53. The van der Waals surface area contributed by atoms with E-state index in [4.69, 9.17) is 17.3 Å². The van der Waals surface area contributed by atoms with E-state index in [2.05, 4.69) is 5.10 Å². The number of hydrogen-bond donors (Lipinski definition) is 1. The molecule has 1 heterocycles. The van der Waals surface area contributed by atoms with Crippen LogP contribution in [0.25, 0.3) is 0 Å². The van der Waals surface area contributed by atoms with Crippen molar-refractivity contribution in [3.8, 4) is 0 Å². The minimum Gasteiger partial charge on any atom is -0.328 e. The first-order chi connectivity index (χ1) is 7.91. The average Bonchev–Trinajstić information content (AvgIpc) is 2.44. The van der Waals surface area contributed by atoms with Gasteiger partial charge < -0.3 is 5.73 Å². The van der Waals surface area contributed by atoms with Crippen molar-refractivity contribution in [1.82, 2.24) is 9.78 Å². The number of rotatable bonds is 2. The van der Waals surface area contributed by atoms with Crippen molar-refractivity contribution in [3.05, 3.63) is 16.4 Å². The fourth-order valence-corrected chi connectivity index (χ4v) is 2.91. The molecule has 96 valence electrons. The molecule has 2 N–H and O–H groups in total. The van der Waals surface area contributed by atoms with E-state index >= 15 is 0 Å². The molecule has 0 aliphatic heterocycles. The van der Waals surface area contributed by atoms with E-state index in [-0.39, 0.29) is 6.04 Å². The number of halogens is 2. The molecule has 1 saturated carbocycles. The number of aromatic nitrogens is 2. The largest absolute Gasteiger partial charge is 0.328 e. The Morgan fingerprint density at radius 3 is 2.88 bits per heavy atom. The maximum atomic E-state index is 14.7. The van der Waals surface area contributed by atoms with Crippen LogP contribution < -0.4 is 5.73 Å². The lowest BCUT2D eigenvalue weighted by Crippen LogP contribution is -2.39. The van der Waals surface area contributed by atoms with Crippen molar-refractivity contribution < 1.29 is 4.39 Å². The van der Waals surface area contributed by atoms with Crippen LogP contribution in [0.3, 0.4) is 0 Å². The van der Waals surface area contributed by atoms with E-state index in [0.29, 0.717) is 24.3 Å². The molecule has 2 rings (SSSR count). The molecule has 0 aromatic carbocycles.